The maximum absolute atomic E-state index is 12.4. The first-order chi connectivity index (χ1) is 11.6. The fraction of sp³-hybridized carbons (Fsp3) is 0.400. The molecule has 0 saturated carbocycles. The maximum atomic E-state index is 12.4. The number of nitrogens with one attached hydrogen (secondary N) is 2. The topological polar surface area (TPSA) is 105 Å². The van der Waals surface area contributed by atoms with Crippen LogP contribution in [0.2, 0.25) is 0 Å². The lowest BCUT2D eigenvalue weighted by atomic mass is 10.1. The van der Waals surface area contributed by atoms with Crippen LogP contribution in [0, 0.1) is 0 Å². The zero-order valence-corrected chi connectivity index (χ0v) is 13.3. The molecule has 0 bridgehead atoms. The summed E-state index contributed by atoms with van der Waals surface area (Å²) in [6.07, 6.45) is 6.30. The number of likely N-dealkylation sites (tertiary alicyclic amines) is 1. The van der Waals surface area contributed by atoms with E-state index in [9.17, 15) is 9.59 Å². The molecule has 1 atom stereocenters. The Morgan fingerprint density at radius 3 is 2.88 bits per heavy atom. The van der Waals surface area contributed by atoms with Gasteiger partial charge in [-0.2, -0.15) is 5.10 Å². The predicted molar refractivity (Wildman–Crippen MR) is 86.6 cm³/mol. The van der Waals surface area contributed by atoms with Crippen LogP contribution >= 0.6 is 0 Å². The Kier molecular flexibility index (Phi) is 4.69. The summed E-state index contributed by atoms with van der Waals surface area (Å²) in [5.41, 5.74) is 0.602. The van der Waals surface area contributed by atoms with Crippen molar-refractivity contribution in [2.24, 2.45) is 0 Å². The zero-order chi connectivity index (χ0) is 16.9. The van der Waals surface area contributed by atoms with Gasteiger partial charge in [0.15, 0.2) is 5.82 Å². The summed E-state index contributed by atoms with van der Waals surface area (Å²) in [5, 5.41) is 9.68. The summed E-state index contributed by atoms with van der Waals surface area (Å²) in [6.45, 7) is 2.67. The molecule has 0 radical (unpaired) electrons. The Morgan fingerprint density at radius 1 is 1.33 bits per heavy atom. The molecule has 126 valence electrons. The van der Waals surface area contributed by atoms with E-state index in [1.807, 2.05) is 0 Å². The van der Waals surface area contributed by atoms with Crippen molar-refractivity contribution in [1.29, 1.82) is 0 Å². The van der Waals surface area contributed by atoms with E-state index in [1.165, 1.54) is 17.9 Å². The summed E-state index contributed by atoms with van der Waals surface area (Å²) >= 11 is 0. The third-order valence-electron chi connectivity index (χ3n) is 3.77. The molecule has 0 aromatic carbocycles. The van der Waals surface area contributed by atoms with Crippen LogP contribution in [0.25, 0.3) is 5.82 Å². The number of amides is 3. The van der Waals surface area contributed by atoms with E-state index >= 15 is 0 Å². The van der Waals surface area contributed by atoms with Crippen molar-refractivity contribution in [1.82, 2.24) is 30.0 Å². The molecule has 2 aromatic rings. The van der Waals surface area contributed by atoms with Crippen molar-refractivity contribution in [2.75, 3.05) is 18.4 Å². The zero-order valence-electron chi connectivity index (χ0n) is 13.3. The molecule has 3 rings (SSSR count). The Labute approximate surface area is 139 Å². The van der Waals surface area contributed by atoms with Crippen molar-refractivity contribution in [3.8, 4) is 5.82 Å². The van der Waals surface area contributed by atoms with Crippen LogP contribution in [0.3, 0.4) is 0 Å². The Bertz CT molecular complexity index is 699. The molecule has 1 saturated heterocycles. The molecule has 1 fully saturated rings. The molecule has 0 spiro atoms. The number of nitrogens with zero attached hydrogens (tertiary/aromatic N) is 5. The van der Waals surface area contributed by atoms with Gasteiger partial charge in [0.25, 0.3) is 0 Å². The fourth-order valence-corrected chi connectivity index (χ4v) is 2.69. The van der Waals surface area contributed by atoms with Gasteiger partial charge in [0.1, 0.15) is 12.7 Å². The van der Waals surface area contributed by atoms with Crippen molar-refractivity contribution < 1.29 is 9.59 Å². The van der Waals surface area contributed by atoms with Crippen LogP contribution < -0.4 is 10.6 Å². The highest BCUT2D eigenvalue weighted by Gasteiger charge is 2.24. The van der Waals surface area contributed by atoms with Gasteiger partial charge in [0.05, 0.1) is 11.9 Å². The number of hydrogen-bond donors (Lipinski definition) is 2. The maximum Gasteiger partial charge on any atom is 0.321 e. The minimum Gasteiger partial charge on any atom is -0.352 e. The van der Waals surface area contributed by atoms with Gasteiger partial charge < -0.3 is 15.5 Å². The minimum absolute atomic E-state index is 0.00909. The second-order valence-electron chi connectivity index (χ2n) is 5.66. The monoisotopic (exact) mass is 329 g/mol. The van der Waals surface area contributed by atoms with Gasteiger partial charge in [-0.3, -0.25) is 4.79 Å². The Hall–Kier alpha value is -2.97. The number of carbonyl (C=O) groups excluding carboxylic acids is 2. The van der Waals surface area contributed by atoms with Crippen molar-refractivity contribution >= 4 is 17.6 Å². The van der Waals surface area contributed by atoms with Gasteiger partial charge in [-0.25, -0.2) is 19.4 Å². The summed E-state index contributed by atoms with van der Waals surface area (Å²) in [7, 11) is 0. The largest absolute Gasteiger partial charge is 0.352 e. The lowest BCUT2D eigenvalue weighted by molar-refractivity contribution is -0.119. The molecule has 2 aromatic heterocycles. The molecule has 0 unspecified atom stereocenters. The number of piperidine rings is 1. The van der Waals surface area contributed by atoms with E-state index in [0.717, 1.165) is 12.8 Å². The number of rotatable bonds is 3. The minimum atomic E-state index is -0.194. The number of hydrogen-bond acceptors (Lipinski definition) is 5. The van der Waals surface area contributed by atoms with Gasteiger partial charge in [0, 0.05) is 26.1 Å². The molecular weight excluding hydrogens is 310 g/mol. The predicted octanol–water partition coefficient (Wildman–Crippen LogP) is 0.795. The van der Waals surface area contributed by atoms with E-state index in [2.05, 4.69) is 25.7 Å². The van der Waals surface area contributed by atoms with Crippen molar-refractivity contribution in [2.45, 2.75) is 25.8 Å². The quantitative estimate of drug-likeness (QED) is 0.866. The summed E-state index contributed by atoms with van der Waals surface area (Å²) in [4.78, 5) is 33.3. The molecular formula is C15H19N7O2. The fourth-order valence-electron chi connectivity index (χ4n) is 2.69. The molecule has 0 aliphatic carbocycles. The number of urea groups is 1. The number of carbonyl (C=O) groups is 2. The van der Waals surface area contributed by atoms with E-state index in [0.29, 0.717) is 24.6 Å². The first-order valence-corrected chi connectivity index (χ1v) is 7.76. The second kappa shape index (κ2) is 7.07. The van der Waals surface area contributed by atoms with Crippen molar-refractivity contribution in [3.63, 3.8) is 0 Å². The lowest BCUT2D eigenvalue weighted by Gasteiger charge is -2.32. The van der Waals surface area contributed by atoms with Crippen LogP contribution in [-0.4, -0.2) is 55.7 Å². The van der Waals surface area contributed by atoms with Crippen LogP contribution in [0.4, 0.5) is 10.5 Å². The van der Waals surface area contributed by atoms with Crippen LogP contribution in [0.15, 0.2) is 31.0 Å². The van der Waals surface area contributed by atoms with Gasteiger partial charge in [-0.05, 0) is 25.0 Å². The SMILES string of the molecule is CC(=O)N[C@H]1CCCN(C(=O)Nc2ccc(-n3cncn3)nc2)C1. The number of aromatic nitrogens is 4. The first kappa shape index (κ1) is 15.9. The average Bonchev–Trinajstić information content (AvgIpc) is 3.09. The van der Waals surface area contributed by atoms with Crippen LogP contribution in [0.1, 0.15) is 19.8 Å². The number of pyridine rings is 1. The molecule has 3 amide bonds. The standard InChI is InChI=1S/C15H19N7O2/c1-11(23)19-13-3-2-6-21(8-13)15(24)20-12-4-5-14(17-7-12)22-10-16-9-18-22/h4-5,7,9-10,13H,2-3,6,8H2,1H3,(H,19,23)(H,20,24)/t13-/m0/s1. The molecule has 9 heteroatoms. The highest BCUT2D eigenvalue weighted by Crippen LogP contribution is 2.14. The Balaban J connectivity index is 1.59. The van der Waals surface area contributed by atoms with E-state index in [1.54, 1.807) is 29.6 Å². The summed E-state index contributed by atoms with van der Waals surface area (Å²) in [5.74, 6) is 0.546. The van der Waals surface area contributed by atoms with Crippen LogP contribution in [0.5, 0.6) is 0 Å². The molecule has 1 aliphatic heterocycles. The summed E-state index contributed by atoms with van der Waals surface area (Å²) in [6, 6.07) is 3.33. The van der Waals surface area contributed by atoms with E-state index in [-0.39, 0.29) is 18.0 Å². The third kappa shape index (κ3) is 3.86. The normalized spacial score (nSPS) is 17.4. The summed E-state index contributed by atoms with van der Waals surface area (Å²) < 4.78 is 1.54. The smallest absolute Gasteiger partial charge is 0.321 e. The third-order valence-corrected chi connectivity index (χ3v) is 3.77. The number of anilines is 1. The van der Waals surface area contributed by atoms with Gasteiger partial charge in [-0.15, -0.1) is 0 Å². The van der Waals surface area contributed by atoms with Crippen LogP contribution in [-0.2, 0) is 4.79 Å². The van der Waals surface area contributed by atoms with E-state index in [4.69, 9.17) is 0 Å². The Morgan fingerprint density at radius 2 is 2.21 bits per heavy atom. The lowest BCUT2D eigenvalue weighted by Crippen LogP contribution is -2.50. The van der Waals surface area contributed by atoms with Gasteiger partial charge >= 0.3 is 6.03 Å². The second-order valence-corrected chi connectivity index (χ2v) is 5.66. The van der Waals surface area contributed by atoms with E-state index < -0.39 is 0 Å². The first-order valence-electron chi connectivity index (χ1n) is 7.76. The van der Waals surface area contributed by atoms with Gasteiger partial charge in [-0.1, -0.05) is 0 Å². The van der Waals surface area contributed by atoms with Crippen molar-refractivity contribution in [3.05, 3.63) is 31.0 Å². The average molecular weight is 329 g/mol. The molecule has 9 nitrogen and oxygen atoms in total. The molecule has 3 heterocycles. The highest BCUT2D eigenvalue weighted by atomic mass is 16.2. The highest BCUT2D eigenvalue weighted by molar-refractivity contribution is 5.89. The molecule has 1 aliphatic rings. The van der Waals surface area contributed by atoms with Gasteiger partial charge in [0.2, 0.25) is 5.91 Å². The molecule has 24 heavy (non-hydrogen) atoms. The molecule has 2 N–H and O–H groups in total.